The van der Waals surface area contributed by atoms with Crippen molar-refractivity contribution in [1.82, 2.24) is 0 Å². The predicted octanol–water partition coefficient (Wildman–Crippen LogP) is 8.59. The van der Waals surface area contributed by atoms with Crippen molar-refractivity contribution in [2.75, 3.05) is 11.1 Å². The Bertz CT molecular complexity index is 623. The number of carbonyl (C=O) groups is 1. The number of unbranched alkanes of at least 4 members (excludes halogenated alkanes) is 15. The fraction of sp³-hybridized carbons (Fsp3) is 0.679. The third-order valence-corrected chi connectivity index (χ3v) is 6.07. The molecule has 176 valence electrons. The van der Waals surface area contributed by atoms with Crippen LogP contribution in [-0.4, -0.2) is 5.91 Å². The van der Waals surface area contributed by atoms with Gasteiger partial charge in [-0.25, -0.2) is 0 Å². The van der Waals surface area contributed by atoms with Crippen LogP contribution in [0.15, 0.2) is 30.4 Å². The second-order valence-electron chi connectivity index (χ2n) is 9.21. The van der Waals surface area contributed by atoms with Gasteiger partial charge in [-0.2, -0.15) is 0 Å². The number of carbonyl (C=O) groups excluding carboxylic acids is 1. The molecule has 3 heteroatoms. The average Bonchev–Trinajstić information content (AvgIpc) is 2.75. The number of nitrogens with one attached hydrogen (secondary N) is 1. The first kappa shape index (κ1) is 27.3. The molecule has 0 atom stereocenters. The summed E-state index contributed by atoms with van der Waals surface area (Å²) >= 11 is 0. The molecule has 31 heavy (non-hydrogen) atoms. The van der Waals surface area contributed by atoms with Crippen LogP contribution in [0.5, 0.6) is 0 Å². The second kappa shape index (κ2) is 17.9. The summed E-state index contributed by atoms with van der Waals surface area (Å²) in [5.74, 6) is -0.183. The third kappa shape index (κ3) is 14.0. The van der Waals surface area contributed by atoms with E-state index in [0.29, 0.717) is 16.9 Å². The highest BCUT2D eigenvalue weighted by molar-refractivity contribution is 6.04. The second-order valence-corrected chi connectivity index (χ2v) is 9.21. The highest BCUT2D eigenvalue weighted by atomic mass is 16.1. The molecular formula is C28H48N2O. The van der Waals surface area contributed by atoms with Crippen molar-refractivity contribution in [2.45, 2.75) is 123 Å². The van der Waals surface area contributed by atoms with Crippen LogP contribution in [-0.2, 0) is 11.2 Å². The zero-order chi connectivity index (χ0) is 22.7. The Morgan fingerprint density at radius 3 is 1.68 bits per heavy atom. The number of anilines is 2. The molecule has 0 bridgehead atoms. The Labute approximate surface area is 192 Å². The Kier molecular flexibility index (Phi) is 15.7. The number of hydrogen-bond acceptors (Lipinski definition) is 2. The fourth-order valence-corrected chi connectivity index (χ4v) is 3.99. The van der Waals surface area contributed by atoms with E-state index in [1.54, 1.807) is 6.92 Å². The topological polar surface area (TPSA) is 55.1 Å². The summed E-state index contributed by atoms with van der Waals surface area (Å²) in [7, 11) is 0. The summed E-state index contributed by atoms with van der Waals surface area (Å²) in [6.07, 6.45) is 23.3. The first-order valence-corrected chi connectivity index (χ1v) is 12.9. The molecule has 1 aromatic rings. The molecule has 1 aromatic carbocycles. The van der Waals surface area contributed by atoms with Gasteiger partial charge in [-0.1, -0.05) is 116 Å². The SMILES string of the molecule is C=C(C)C(=O)Nc1ccc(CCCCCCCCCCCCCCCCCC)cc1N. The van der Waals surface area contributed by atoms with Gasteiger partial charge in [0.2, 0.25) is 0 Å². The van der Waals surface area contributed by atoms with Crippen LogP contribution in [0.3, 0.4) is 0 Å². The highest BCUT2D eigenvalue weighted by Gasteiger charge is 2.06. The van der Waals surface area contributed by atoms with E-state index in [1.165, 1.54) is 108 Å². The molecule has 0 aromatic heterocycles. The van der Waals surface area contributed by atoms with E-state index in [-0.39, 0.29) is 5.91 Å². The molecule has 1 rings (SSSR count). The van der Waals surface area contributed by atoms with E-state index in [9.17, 15) is 4.79 Å². The van der Waals surface area contributed by atoms with E-state index in [4.69, 9.17) is 5.73 Å². The molecule has 0 saturated heterocycles. The van der Waals surface area contributed by atoms with Crippen LogP contribution in [0, 0.1) is 0 Å². The summed E-state index contributed by atoms with van der Waals surface area (Å²) in [6, 6.07) is 5.95. The molecule has 0 saturated carbocycles. The van der Waals surface area contributed by atoms with E-state index in [0.717, 1.165) is 6.42 Å². The molecule has 0 aliphatic rings. The minimum absolute atomic E-state index is 0.183. The third-order valence-electron chi connectivity index (χ3n) is 6.07. The van der Waals surface area contributed by atoms with Gasteiger partial charge in [0.15, 0.2) is 0 Å². The summed E-state index contributed by atoms with van der Waals surface area (Å²) < 4.78 is 0. The number of nitrogens with two attached hydrogens (primary N) is 1. The molecule has 0 spiro atoms. The Morgan fingerprint density at radius 2 is 1.26 bits per heavy atom. The van der Waals surface area contributed by atoms with Crippen LogP contribution in [0.4, 0.5) is 11.4 Å². The maximum Gasteiger partial charge on any atom is 0.250 e. The smallest absolute Gasteiger partial charge is 0.250 e. The van der Waals surface area contributed by atoms with Crippen molar-refractivity contribution in [3.63, 3.8) is 0 Å². The van der Waals surface area contributed by atoms with Crippen LogP contribution >= 0.6 is 0 Å². The summed E-state index contributed by atoms with van der Waals surface area (Å²) in [6.45, 7) is 7.63. The maximum atomic E-state index is 11.7. The van der Waals surface area contributed by atoms with E-state index < -0.39 is 0 Å². The molecule has 0 unspecified atom stereocenters. The maximum absolute atomic E-state index is 11.7. The van der Waals surface area contributed by atoms with Crippen molar-refractivity contribution in [1.29, 1.82) is 0 Å². The number of benzene rings is 1. The zero-order valence-corrected chi connectivity index (χ0v) is 20.4. The molecule has 3 N–H and O–H groups in total. The fourth-order valence-electron chi connectivity index (χ4n) is 3.99. The van der Waals surface area contributed by atoms with Gasteiger partial charge in [-0.3, -0.25) is 4.79 Å². The van der Waals surface area contributed by atoms with E-state index >= 15 is 0 Å². The van der Waals surface area contributed by atoms with Crippen molar-refractivity contribution >= 4 is 17.3 Å². The lowest BCUT2D eigenvalue weighted by Crippen LogP contribution is -2.13. The zero-order valence-electron chi connectivity index (χ0n) is 20.4. The number of nitrogen functional groups attached to an aromatic ring is 1. The molecule has 3 nitrogen and oxygen atoms in total. The minimum Gasteiger partial charge on any atom is -0.397 e. The van der Waals surface area contributed by atoms with Crippen molar-refractivity contribution in [2.24, 2.45) is 0 Å². The van der Waals surface area contributed by atoms with Crippen molar-refractivity contribution in [3.8, 4) is 0 Å². The molecule has 1 amide bonds. The normalized spacial score (nSPS) is 10.9. The van der Waals surface area contributed by atoms with Gasteiger partial charge in [-0.15, -0.1) is 0 Å². The molecular weight excluding hydrogens is 380 g/mol. The van der Waals surface area contributed by atoms with Crippen LogP contribution in [0.25, 0.3) is 0 Å². The van der Waals surface area contributed by atoms with E-state index in [1.807, 2.05) is 12.1 Å². The van der Waals surface area contributed by atoms with Crippen molar-refractivity contribution < 1.29 is 4.79 Å². The number of hydrogen-bond donors (Lipinski definition) is 2. The van der Waals surface area contributed by atoms with Gasteiger partial charge in [0.05, 0.1) is 11.4 Å². The Morgan fingerprint density at radius 1 is 0.806 bits per heavy atom. The lowest BCUT2D eigenvalue weighted by molar-refractivity contribution is -0.112. The molecule has 0 fully saturated rings. The first-order chi connectivity index (χ1) is 15.0. The molecule has 0 heterocycles. The summed E-state index contributed by atoms with van der Waals surface area (Å²) in [5.41, 5.74) is 9.11. The van der Waals surface area contributed by atoms with Crippen LogP contribution in [0.2, 0.25) is 0 Å². The number of rotatable bonds is 19. The quantitative estimate of drug-likeness (QED) is 0.132. The Balaban J connectivity index is 1.96. The lowest BCUT2D eigenvalue weighted by atomic mass is 10.0. The Hall–Kier alpha value is -1.77. The van der Waals surface area contributed by atoms with Crippen LogP contribution < -0.4 is 11.1 Å². The van der Waals surface area contributed by atoms with Crippen LogP contribution in [0.1, 0.15) is 122 Å². The van der Waals surface area contributed by atoms with Gasteiger partial charge in [0.1, 0.15) is 0 Å². The molecule has 0 aliphatic heterocycles. The number of aryl methyl sites for hydroxylation is 1. The minimum atomic E-state index is -0.183. The summed E-state index contributed by atoms with van der Waals surface area (Å²) in [4.78, 5) is 11.7. The monoisotopic (exact) mass is 428 g/mol. The largest absolute Gasteiger partial charge is 0.397 e. The predicted molar refractivity (Wildman–Crippen MR) is 138 cm³/mol. The standard InChI is InChI=1S/C28H48N2O/c1-4-5-6-7-8-9-10-11-12-13-14-15-16-17-18-19-20-25-21-22-27(26(29)23-25)30-28(31)24(2)3/h21-23H,2,4-20,29H2,1,3H3,(H,30,31). The van der Waals surface area contributed by atoms with Gasteiger partial charge < -0.3 is 11.1 Å². The highest BCUT2D eigenvalue weighted by Crippen LogP contribution is 2.22. The van der Waals surface area contributed by atoms with Gasteiger partial charge >= 0.3 is 0 Å². The molecule has 0 aliphatic carbocycles. The van der Waals surface area contributed by atoms with Gasteiger partial charge in [0, 0.05) is 5.57 Å². The first-order valence-electron chi connectivity index (χ1n) is 12.9. The molecule has 0 radical (unpaired) electrons. The number of amides is 1. The summed E-state index contributed by atoms with van der Waals surface area (Å²) in [5, 5.41) is 2.80. The van der Waals surface area contributed by atoms with Crippen molar-refractivity contribution in [3.05, 3.63) is 35.9 Å². The average molecular weight is 429 g/mol. The lowest BCUT2D eigenvalue weighted by Gasteiger charge is -2.10. The van der Waals surface area contributed by atoms with Gasteiger partial charge in [0.25, 0.3) is 5.91 Å². The van der Waals surface area contributed by atoms with Gasteiger partial charge in [-0.05, 0) is 37.5 Å². The van der Waals surface area contributed by atoms with E-state index in [2.05, 4.69) is 24.9 Å².